The van der Waals surface area contributed by atoms with Gasteiger partial charge in [-0.05, 0) is 55.0 Å². The first-order valence-corrected chi connectivity index (χ1v) is 13.1. The number of carbonyl (C=O) groups excluding carboxylic acids is 1. The molecule has 13 heteroatoms. The van der Waals surface area contributed by atoms with Crippen LogP contribution in [-0.2, 0) is 10.0 Å². The van der Waals surface area contributed by atoms with Crippen molar-refractivity contribution < 1.29 is 27.4 Å². The standard InChI is InChI=1S/C24H27N5O6S2/c1-4-5-14-35-19-9-7-6-8-18(19)22(30)28-24(36)25-16-10-12-17(13-11-16)37(31,32)29-20-15-21(33-2)27-23(26-20)34-3/h6-13,15H,4-5,14H2,1-3H3,(H,26,27,29)(H2,25,28,30,36). The normalized spacial score (nSPS) is 10.8. The maximum Gasteiger partial charge on any atom is 0.321 e. The molecule has 0 aliphatic carbocycles. The number of aromatic nitrogens is 2. The zero-order valence-corrected chi connectivity index (χ0v) is 22.1. The number of anilines is 2. The van der Waals surface area contributed by atoms with Crippen LogP contribution in [0.5, 0.6) is 17.6 Å². The van der Waals surface area contributed by atoms with E-state index >= 15 is 0 Å². The van der Waals surface area contributed by atoms with E-state index in [2.05, 4.69) is 32.2 Å². The predicted molar refractivity (Wildman–Crippen MR) is 143 cm³/mol. The van der Waals surface area contributed by atoms with E-state index in [1.807, 2.05) is 0 Å². The highest BCUT2D eigenvalue weighted by atomic mass is 32.2. The van der Waals surface area contributed by atoms with Gasteiger partial charge in [0.05, 0.1) is 31.3 Å². The summed E-state index contributed by atoms with van der Waals surface area (Å²) in [6.45, 7) is 2.56. The minimum absolute atomic E-state index is 0.0197. The van der Waals surface area contributed by atoms with E-state index in [9.17, 15) is 13.2 Å². The Morgan fingerprint density at radius 2 is 1.76 bits per heavy atom. The molecule has 0 bridgehead atoms. The van der Waals surface area contributed by atoms with Crippen LogP contribution < -0.4 is 29.6 Å². The number of methoxy groups -OCH3 is 2. The van der Waals surface area contributed by atoms with Gasteiger partial charge in [-0.3, -0.25) is 14.8 Å². The van der Waals surface area contributed by atoms with E-state index in [4.69, 9.17) is 26.4 Å². The lowest BCUT2D eigenvalue weighted by molar-refractivity contribution is 0.0973. The molecule has 0 atom stereocenters. The molecule has 37 heavy (non-hydrogen) atoms. The summed E-state index contributed by atoms with van der Waals surface area (Å²) >= 11 is 5.25. The Kier molecular flexibility index (Phi) is 9.57. The number of nitrogens with zero attached hydrogens (tertiary/aromatic N) is 2. The Morgan fingerprint density at radius 1 is 1.03 bits per heavy atom. The average Bonchev–Trinajstić information content (AvgIpc) is 2.88. The molecular weight excluding hydrogens is 518 g/mol. The van der Waals surface area contributed by atoms with Crippen LogP contribution >= 0.6 is 12.2 Å². The molecular formula is C24H27N5O6S2. The zero-order valence-electron chi connectivity index (χ0n) is 20.5. The van der Waals surface area contributed by atoms with Gasteiger partial charge in [-0.1, -0.05) is 25.5 Å². The first-order chi connectivity index (χ1) is 17.7. The minimum atomic E-state index is -3.97. The summed E-state index contributed by atoms with van der Waals surface area (Å²) in [7, 11) is -1.23. The molecule has 0 fully saturated rings. The Hall–Kier alpha value is -3.97. The highest BCUT2D eigenvalue weighted by Crippen LogP contribution is 2.22. The van der Waals surface area contributed by atoms with Gasteiger partial charge >= 0.3 is 6.01 Å². The second-order valence-electron chi connectivity index (χ2n) is 7.52. The summed E-state index contributed by atoms with van der Waals surface area (Å²) in [5.74, 6) is 0.157. The molecule has 3 aromatic rings. The largest absolute Gasteiger partial charge is 0.493 e. The summed E-state index contributed by atoms with van der Waals surface area (Å²) in [5, 5.41) is 5.51. The number of para-hydroxylation sites is 1. The first-order valence-electron chi connectivity index (χ1n) is 11.2. The number of carbonyl (C=O) groups is 1. The van der Waals surface area contributed by atoms with Crippen molar-refractivity contribution in [2.24, 2.45) is 0 Å². The number of hydrogen-bond acceptors (Lipinski definition) is 9. The Balaban J connectivity index is 1.64. The average molecular weight is 546 g/mol. The zero-order chi connectivity index (χ0) is 26.8. The molecule has 2 aromatic carbocycles. The summed E-state index contributed by atoms with van der Waals surface area (Å²) < 4.78 is 43.6. The number of hydrogen-bond donors (Lipinski definition) is 3. The molecule has 0 unspecified atom stereocenters. The number of thiocarbonyl (C=S) groups is 1. The Morgan fingerprint density at radius 3 is 2.43 bits per heavy atom. The molecule has 196 valence electrons. The van der Waals surface area contributed by atoms with Gasteiger partial charge in [-0.15, -0.1) is 0 Å². The highest BCUT2D eigenvalue weighted by Gasteiger charge is 2.18. The Bertz CT molecular complexity index is 1330. The van der Waals surface area contributed by atoms with Crippen LogP contribution in [-0.4, -0.2) is 50.2 Å². The van der Waals surface area contributed by atoms with Crippen LogP contribution in [0.15, 0.2) is 59.5 Å². The molecule has 1 aromatic heterocycles. The Labute approximate surface area is 220 Å². The summed E-state index contributed by atoms with van der Waals surface area (Å²) in [6, 6.07) is 13.9. The second-order valence-corrected chi connectivity index (χ2v) is 9.61. The first kappa shape index (κ1) is 27.6. The molecule has 0 radical (unpaired) electrons. The molecule has 1 amide bonds. The van der Waals surface area contributed by atoms with Crippen LogP contribution in [0, 0.1) is 0 Å². The molecule has 1 heterocycles. The molecule has 3 rings (SSSR count). The van der Waals surface area contributed by atoms with Gasteiger partial charge in [0.25, 0.3) is 15.9 Å². The topological polar surface area (TPSA) is 141 Å². The van der Waals surface area contributed by atoms with Crippen molar-refractivity contribution in [3.8, 4) is 17.6 Å². The lowest BCUT2D eigenvalue weighted by Gasteiger charge is -2.13. The number of ether oxygens (including phenoxy) is 3. The van der Waals surface area contributed by atoms with Crippen molar-refractivity contribution in [1.82, 2.24) is 15.3 Å². The van der Waals surface area contributed by atoms with Gasteiger partial charge in [-0.25, -0.2) is 8.42 Å². The molecule has 11 nitrogen and oxygen atoms in total. The van der Waals surface area contributed by atoms with Crippen molar-refractivity contribution in [1.29, 1.82) is 0 Å². The molecule has 0 aliphatic heterocycles. The smallest absolute Gasteiger partial charge is 0.321 e. The van der Waals surface area contributed by atoms with E-state index < -0.39 is 15.9 Å². The number of rotatable bonds is 11. The number of amides is 1. The summed E-state index contributed by atoms with van der Waals surface area (Å²) in [5.41, 5.74) is 0.829. The van der Waals surface area contributed by atoms with Crippen molar-refractivity contribution >= 4 is 44.8 Å². The van der Waals surface area contributed by atoms with Gasteiger partial charge in [0, 0.05) is 11.8 Å². The molecule has 3 N–H and O–H groups in total. The lowest BCUT2D eigenvalue weighted by atomic mass is 10.2. The maximum atomic E-state index is 12.8. The fraction of sp³-hybridized carbons (Fsp3) is 0.250. The van der Waals surface area contributed by atoms with Crippen LogP contribution in [0.3, 0.4) is 0 Å². The molecule has 0 saturated heterocycles. The van der Waals surface area contributed by atoms with E-state index in [0.717, 1.165) is 12.8 Å². The quantitative estimate of drug-likeness (QED) is 0.242. The third-order valence-electron chi connectivity index (χ3n) is 4.85. The van der Waals surface area contributed by atoms with E-state index in [1.165, 1.54) is 44.6 Å². The SMILES string of the molecule is CCCCOc1ccccc1C(=O)NC(=S)Nc1ccc(S(=O)(=O)Nc2cc(OC)nc(OC)n2)cc1. The molecule has 0 aliphatic rings. The van der Waals surface area contributed by atoms with E-state index in [-0.39, 0.29) is 27.7 Å². The number of unbranched alkanes of at least 4 members (excludes halogenated alkanes) is 1. The van der Waals surface area contributed by atoms with Gasteiger partial charge in [0.2, 0.25) is 5.88 Å². The second kappa shape index (κ2) is 12.8. The fourth-order valence-electron chi connectivity index (χ4n) is 3.01. The molecule has 0 spiro atoms. The van der Waals surface area contributed by atoms with Crippen LogP contribution in [0.25, 0.3) is 0 Å². The summed E-state index contributed by atoms with van der Waals surface area (Å²) in [6.07, 6.45) is 1.85. The monoisotopic (exact) mass is 545 g/mol. The van der Waals surface area contributed by atoms with Gasteiger partial charge < -0.3 is 19.5 Å². The third-order valence-corrected chi connectivity index (χ3v) is 6.42. The lowest BCUT2D eigenvalue weighted by Crippen LogP contribution is -2.34. The van der Waals surface area contributed by atoms with Crippen LogP contribution in [0.2, 0.25) is 0 Å². The molecule has 0 saturated carbocycles. The minimum Gasteiger partial charge on any atom is -0.493 e. The van der Waals surface area contributed by atoms with Gasteiger partial charge in [0.15, 0.2) is 10.9 Å². The van der Waals surface area contributed by atoms with Gasteiger partial charge in [0.1, 0.15) is 5.75 Å². The van der Waals surface area contributed by atoms with E-state index in [0.29, 0.717) is 23.6 Å². The highest BCUT2D eigenvalue weighted by molar-refractivity contribution is 7.92. The van der Waals surface area contributed by atoms with Crippen molar-refractivity contribution in [2.75, 3.05) is 30.9 Å². The third kappa shape index (κ3) is 7.75. The van der Waals surface area contributed by atoms with E-state index in [1.54, 1.807) is 24.3 Å². The maximum absolute atomic E-state index is 12.8. The number of benzene rings is 2. The van der Waals surface area contributed by atoms with Crippen molar-refractivity contribution in [2.45, 2.75) is 24.7 Å². The van der Waals surface area contributed by atoms with Crippen molar-refractivity contribution in [3.63, 3.8) is 0 Å². The summed E-state index contributed by atoms with van der Waals surface area (Å²) in [4.78, 5) is 20.6. The van der Waals surface area contributed by atoms with Crippen LogP contribution in [0.4, 0.5) is 11.5 Å². The van der Waals surface area contributed by atoms with Crippen molar-refractivity contribution in [3.05, 3.63) is 60.2 Å². The van der Waals surface area contributed by atoms with Gasteiger partial charge in [-0.2, -0.15) is 9.97 Å². The predicted octanol–water partition coefficient (Wildman–Crippen LogP) is 3.60. The fourth-order valence-corrected chi connectivity index (χ4v) is 4.21. The van der Waals surface area contributed by atoms with Crippen LogP contribution in [0.1, 0.15) is 30.1 Å². The number of nitrogens with one attached hydrogen (secondary N) is 3. The number of sulfonamides is 1.